The highest BCUT2D eigenvalue weighted by Crippen LogP contribution is 2.33. The summed E-state index contributed by atoms with van der Waals surface area (Å²) in [7, 11) is -3.61. The highest BCUT2D eigenvalue weighted by atomic mass is 35.5. The van der Waals surface area contributed by atoms with Gasteiger partial charge in [-0.05, 0) is 60.0 Å². The molecule has 0 aromatic heterocycles. The fourth-order valence-electron chi connectivity index (χ4n) is 3.37. The molecule has 0 saturated carbocycles. The van der Waals surface area contributed by atoms with E-state index in [1.54, 1.807) is 60.7 Å². The van der Waals surface area contributed by atoms with Gasteiger partial charge >= 0.3 is 0 Å². The first kappa shape index (κ1) is 19.5. The second kappa shape index (κ2) is 7.89. The van der Waals surface area contributed by atoms with Gasteiger partial charge in [0.15, 0.2) is 0 Å². The number of halogens is 1. The molecule has 0 radical (unpaired) electrons. The van der Waals surface area contributed by atoms with Crippen molar-refractivity contribution in [3.63, 3.8) is 0 Å². The monoisotopic (exact) mass is 426 g/mol. The van der Waals surface area contributed by atoms with E-state index >= 15 is 0 Å². The Hall–Kier alpha value is -2.83. The van der Waals surface area contributed by atoms with Crippen molar-refractivity contribution in [1.82, 2.24) is 5.32 Å². The van der Waals surface area contributed by atoms with Crippen molar-refractivity contribution in [3.8, 4) is 0 Å². The van der Waals surface area contributed by atoms with Gasteiger partial charge in [-0.15, -0.1) is 0 Å². The fourth-order valence-corrected chi connectivity index (χ4v) is 5.02. The number of rotatable bonds is 5. The molecular weight excluding hydrogens is 408 g/mol. The molecule has 7 heteroatoms. The molecule has 1 amide bonds. The highest BCUT2D eigenvalue weighted by Gasteiger charge is 2.31. The molecule has 1 N–H and O–H groups in total. The first-order chi connectivity index (χ1) is 13.9. The number of carbonyl (C=O) groups is 1. The Morgan fingerprint density at radius 3 is 2.45 bits per heavy atom. The van der Waals surface area contributed by atoms with Gasteiger partial charge in [0.1, 0.15) is 0 Å². The molecule has 1 aliphatic rings. The van der Waals surface area contributed by atoms with Gasteiger partial charge < -0.3 is 5.32 Å². The van der Waals surface area contributed by atoms with E-state index in [4.69, 9.17) is 11.6 Å². The van der Waals surface area contributed by atoms with Gasteiger partial charge in [0, 0.05) is 23.7 Å². The molecule has 4 rings (SSSR count). The SMILES string of the molecule is O=C(NCc1ccc(Cl)cc1)c1ccc2c(c1)CCN2S(=O)(=O)c1ccccc1. The smallest absolute Gasteiger partial charge is 0.264 e. The van der Waals surface area contributed by atoms with Crippen molar-refractivity contribution in [2.75, 3.05) is 10.8 Å². The number of nitrogens with zero attached hydrogens (tertiary/aromatic N) is 1. The highest BCUT2D eigenvalue weighted by molar-refractivity contribution is 7.92. The van der Waals surface area contributed by atoms with Gasteiger partial charge in [0.05, 0.1) is 10.6 Å². The number of fused-ring (bicyclic) bond motifs is 1. The molecule has 0 atom stereocenters. The van der Waals surface area contributed by atoms with Gasteiger partial charge in [-0.1, -0.05) is 41.9 Å². The zero-order valence-corrected chi connectivity index (χ0v) is 17.1. The maximum atomic E-state index is 12.9. The van der Waals surface area contributed by atoms with Gasteiger partial charge in [0.25, 0.3) is 15.9 Å². The number of sulfonamides is 1. The predicted octanol–water partition coefficient (Wildman–Crippen LogP) is 4.02. The lowest BCUT2D eigenvalue weighted by molar-refractivity contribution is 0.0951. The topological polar surface area (TPSA) is 66.5 Å². The van der Waals surface area contributed by atoms with Crippen LogP contribution >= 0.6 is 11.6 Å². The fraction of sp³-hybridized carbons (Fsp3) is 0.136. The molecule has 0 aliphatic carbocycles. The summed E-state index contributed by atoms with van der Waals surface area (Å²) in [5.74, 6) is -0.202. The Kier molecular flexibility index (Phi) is 5.30. The molecule has 0 spiro atoms. The number of amides is 1. The number of benzene rings is 3. The molecule has 0 bridgehead atoms. The van der Waals surface area contributed by atoms with Crippen LogP contribution in [0.15, 0.2) is 77.7 Å². The molecular formula is C22H19ClN2O3S. The summed E-state index contributed by atoms with van der Waals surface area (Å²) in [6, 6.07) is 20.8. The quantitative estimate of drug-likeness (QED) is 0.670. The first-order valence-corrected chi connectivity index (χ1v) is 11.0. The van der Waals surface area contributed by atoms with Crippen LogP contribution < -0.4 is 9.62 Å². The summed E-state index contributed by atoms with van der Waals surface area (Å²) in [6.45, 7) is 0.754. The molecule has 3 aromatic carbocycles. The molecule has 29 heavy (non-hydrogen) atoms. The lowest BCUT2D eigenvalue weighted by atomic mass is 10.1. The normalized spacial score (nSPS) is 13.2. The molecule has 1 aliphatic heterocycles. The van der Waals surface area contributed by atoms with Crippen molar-refractivity contribution in [1.29, 1.82) is 0 Å². The summed E-state index contributed by atoms with van der Waals surface area (Å²) in [6.07, 6.45) is 0.569. The Bertz CT molecular complexity index is 1150. The second-order valence-electron chi connectivity index (χ2n) is 6.79. The minimum Gasteiger partial charge on any atom is -0.348 e. The molecule has 3 aromatic rings. The Morgan fingerprint density at radius 2 is 1.72 bits per heavy atom. The predicted molar refractivity (Wildman–Crippen MR) is 114 cm³/mol. The van der Waals surface area contributed by atoms with Crippen LogP contribution in [0.5, 0.6) is 0 Å². The van der Waals surface area contributed by atoms with E-state index in [1.165, 1.54) is 4.31 Å². The number of hydrogen-bond donors (Lipinski definition) is 1. The molecule has 0 fully saturated rings. The lowest BCUT2D eigenvalue weighted by Gasteiger charge is -2.19. The van der Waals surface area contributed by atoms with E-state index in [0.29, 0.717) is 35.8 Å². The summed E-state index contributed by atoms with van der Waals surface area (Å²) >= 11 is 5.87. The van der Waals surface area contributed by atoms with E-state index in [2.05, 4.69) is 5.32 Å². The zero-order valence-electron chi connectivity index (χ0n) is 15.5. The van der Waals surface area contributed by atoms with E-state index < -0.39 is 10.0 Å². The number of hydrogen-bond acceptors (Lipinski definition) is 3. The molecule has 1 heterocycles. The van der Waals surface area contributed by atoms with Crippen LogP contribution in [0.25, 0.3) is 0 Å². The van der Waals surface area contributed by atoms with Crippen molar-refractivity contribution < 1.29 is 13.2 Å². The van der Waals surface area contributed by atoms with Crippen molar-refractivity contribution >= 4 is 33.2 Å². The number of nitrogens with one attached hydrogen (secondary N) is 1. The third-order valence-electron chi connectivity index (χ3n) is 4.89. The van der Waals surface area contributed by atoms with E-state index in [1.807, 2.05) is 12.1 Å². The summed E-state index contributed by atoms with van der Waals surface area (Å²) < 4.78 is 27.3. The van der Waals surface area contributed by atoms with Crippen LogP contribution in [0.3, 0.4) is 0 Å². The Balaban J connectivity index is 1.51. The number of carbonyl (C=O) groups excluding carboxylic acids is 1. The minimum absolute atomic E-state index is 0.202. The van der Waals surface area contributed by atoms with Crippen molar-refractivity contribution in [3.05, 3.63) is 94.5 Å². The molecule has 0 saturated heterocycles. The van der Waals surface area contributed by atoms with E-state index in [9.17, 15) is 13.2 Å². The largest absolute Gasteiger partial charge is 0.348 e. The van der Waals surface area contributed by atoms with Crippen LogP contribution in [0.1, 0.15) is 21.5 Å². The van der Waals surface area contributed by atoms with Crippen LogP contribution in [-0.2, 0) is 23.0 Å². The average Bonchev–Trinajstić information content (AvgIpc) is 3.18. The Labute approximate surface area is 175 Å². The van der Waals surface area contributed by atoms with E-state index in [0.717, 1.165) is 11.1 Å². The summed E-state index contributed by atoms with van der Waals surface area (Å²) in [5.41, 5.74) is 2.94. The maximum absolute atomic E-state index is 12.9. The summed E-state index contributed by atoms with van der Waals surface area (Å²) in [4.78, 5) is 12.8. The van der Waals surface area contributed by atoms with Crippen LogP contribution in [0.4, 0.5) is 5.69 Å². The lowest BCUT2D eigenvalue weighted by Crippen LogP contribution is -2.29. The molecule has 0 unspecified atom stereocenters. The maximum Gasteiger partial charge on any atom is 0.264 e. The van der Waals surface area contributed by atoms with Crippen molar-refractivity contribution in [2.45, 2.75) is 17.9 Å². The molecule has 5 nitrogen and oxygen atoms in total. The zero-order chi connectivity index (χ0) is 20.4. The third kappa shape index (κ3) is 3.99. The second-order valence-corrected chi connectivity index (χ2v) is 9.09. The van der Waals surface area contributed by atoms with Crippen LogP contribution in [-0.4, -0.2) is 20.9 Å². The van der Waals surface area contributed by atoms with Gasteiger partial charge in [-0.3, -0.25) is 9.10 Å². The standard InChI is InChI=1S/C22H19ClN2O3S/c23-19-9-6-16(7-10-19)15-24-22(26)18-8-11-21-17(14-18)12-13-25(21)29(27,28)20-4-2-1-3-5-20/h1-11,14H,12-13,15H2,(H,24,26). The van der Waals surface area contributed by atoms with Crippen LogP contribution in [0, 0.1) is 0 Å². The van der Waals surface area contributed by atoms with Crippen molar-refractivity contribution in [2.24, 2.45) is 0 Å². The van der Waals surface area contributed by atoms with E-state index in [-0.39, 0.29) is 10.8 Å². The van der Waals surface area contributed by atoms with Crippen LogP contribution in [0.2, 0.25) is 5.02 Å². The van der Waals surface area contributed by atoms with Gasteiger partial charge in [0.2, 0.25) is 0 Å². The third-order valence-corrected chi connectivity index (χ3v) is 6.97. The van der Waals surface area contributed by atoms with Gasteiger partial charge in [-0.2, -0.15) is 0 Å². The minimum atomic E-state index is -3.61. The van der Waals surface area contributed by atoms with Gasteiger partial charge in [-0.25, -0.2) is 8.42 Å². The average molecular weight is 427 g/mol. The Morgan fingerprint density at radius 1 is 1.00 bits per heavy atom. The number of anilines is 1. The summed E-state index contributed by atoms with van der Waals surface area (Å²) in [5, 5.41) is 3.53. The first-order valence-electron chi connectivity index (χ1n) is 9.18. The molecule has 148 valence electrons.